The summed E-state index contributed by atoms with van der Waals surface area (Å²) in [4.78, 5) is 8.45. The topological polar surface area (TPSA) is 73.1 Å². The molecule has 0 aliphatic heterocycles. The second-order valence-electron chi connectivity index (χ2n) is 3.77. The van der Waals surface area contributed by atoms with Gasteiger partial charge in [0.25, 0.3) is 0 Å². The highest BCUT2D eigenvalue weighted by molar-refractivity contribution is 5.88. The largest absolute Gasteiger partial charge is 0.383 e. The maximum absolute atomic E-state index is 5.66. The summed E-state index contributed by atoms with van der Waals surface area (Å²) in [5.74, 6) is 0.795. The van der Waals surface area contributed by atoms with Crippen LogP contribution in [-0.4, -0.2) is 36.3 Å². The first-order chi connectivity index (χ1) is 8.35. The molecule has 0 saturated carbocycles. The number of anilines is 1. The predicted molar refractivity (Wildman–Crippen MR) is 67.9 cm³/mol. The van der Waals surface area contributed by atoms with E-state index < -0.39 is 0 Å². The Morgan fingerprint density at radius 2 is 2.18 bits per heavy atom. The molecule has 2 rings (SSSR count). The SMILES string of the molecule is COCC(CN)Nc1ncnc2ccccc12. The number of nitrogens with two attached hydrogens (primary N) is 1. The van der Waals surface area contributed by atoms with Gasteiger partial charge in [0.05, 0.1) is 18.2 Å². The molecule has 0 saturated heterocycles. The van der Waals surface area contributed by atoms with Gasteiger partial charge in [-0.05, 0) is 12.1 Å². The van der Waals surface area contributed by atoms with Crippen LogP contribution in [0.4, 0.5) is 5.82 Å². The number of methoxy groups -OCH3 is 1. The third kappa shape index (κ3) is 2.69. The zero-order chi connectivity index (χ0) is 12.1. The maximum atomic E-state index is 5.66. The van der Waals surface area contributed by atoms with E-state index in [-0.39, 0.29) is 6.04 Å². The van der Waals surface area contributed by atoms with Crippen molar-refractivity contribution in [3.63, 3.8) is 0 Å². The number of aromatic nitrogens is 2. The van der Waals surface area contributed by atoms with Gasteiger partial charge in [-0.3, -0.25) is 0 Å². The first kappa shape index (κ1) is 11.8. The standard InChI is InChI=1S/C12H16N4O/c1-17-7-9(6-13)16-12-10-4-2-3-5-11(10)14-8-15-12/h2-5,8-9H,6-7,13H2,1H3,(H,14,15,16). The Hall–Kier alpha value is -1.72. The van der Waals surface area contributed by atoms with E-state index in [4.69, 9.17) is 10.5 Å². The smallest absolute Gasteiger partial charge is 0.137 e. The average Bonchev–Trinajstić information content (AvgIpc) is 2.38. The van der Waals surface area contributed by atoms with Crippen LogP contribution in [0.1, 0.15) is 0 Å². The van der Waals surface area contributed by atoms with Crippen molar-refractivity contribution in [1.29, 1.82) is 0 Å². The van der Waals surface area contributed by atoms with Crippen LogP contribution in [0, 0.1) is 0 Å². The van der Waals surface area contributed by atoms with Gasteiger partial charge < -0.3 is 15.8 Å². The van der Waals surface area contributed by atoms with Gasteiger partial charge in [-0.1, -0.05) is 12.1 Å². The minimum atomic E-state index is 0.0540. The van der Waals surface area contributed by atoms with Crippen LogP contribution < -0.4 is 11.1 Å². The van der Waals surface area contributed by atoms with E-state index in [0.717, 1.165) is 16.7 Å². The molecule has 0 radical (unpaired) electrons. The average molecular weight is 232 g/mol. The van der Waals surface area contributed by atoms with E-state index in [9.17, 15) is 0 Å². The van der Waals surface area contributed by atoms with Crippen molar-refractivity contribution in [1.82, 2.24) is 9.97 Å². The highest BCUT2D eigenvalue weighted by Crippen LogP contribution is 2.18. The number of ether oxygens (including phenoxy) is 1. The molecule has 0 spiro atoms. The second kappa shape index (κ2) is 5.56. The van der Waals surface area contributed by atoms with Crippen LogP contribution in [0.3, 0.4) is 0 Å². The van der Waals surface area contributed by atoms with Crippen LogP contribution in [0.5, 0.6) is 0 Å². The van der Waals surface area contributed by atoms with E-state index in [1.54, 1.807) is 13.4 Å². The van der Waals surface area contributed by atoms with Crippen LogP contribution in [0.15, 0.2) is 30.6 Å². The molecule has 5 heteroatoms. The molecule has 2 aromatic rings. The molecule has 1 aromatic heterocycles. The van der Waals surface area contributed by atoms with Crippen molar-refractivity contribution in [3.8, 4) is 0 Å². The summed E-state index contributed by atoms with van der Waals surface area (Å²) in [5, 5.41) is 4.26. The lowest BCUT2D eigenvalue weighted by Crippen LogP contribution is -2.33. The number of hydrogen-bond donors (Lipinski definition) is 2. The van der Waals surface area contributed by atoms with Gasteiger partial charge in [0, 0.05) is 19.0 Å². The molecular weight excluding hydrogens is 216 g/mol. The fourth-order valence-corrected chi connectivity index (χ4v) is 1.68. The normalized spacial score (nSPS) is 12.6. The van der Waals surface area contributed by atoms with Crippen molar-refractivity contribution in [2.45, 2.75) is 6.04 Å². The number of fused-ring (bicyclic) bond motifs is 1. The fraction of sp³-hybridized carbons (Fsp3) is 0.333. The zero-order valence-corrected chi connectivity index (χ0v) is 9.76. The minimum Gasteiger partial charge on any atom is -0.383 e. The van der Waals surface area contributed by atoms with Gasteiger partial charge in [-0.2, -0.15) is 0 Å². The zero-order valence-electron chi connectivity index (χ0n) is 9.76. The third-order valence-corrected chi connectivity index (χ3v) is 2.54. The van der Waals surface area contributed by atoms with Crippen LogP contribution >= 0.6 is 0 Å². The lowest BCUT2D eigenvalue weighted by molar-refractivity contribution is 0.187. The van der Waals surface area contributed by atoms with Crippen LogP contribution in [0.25, 0.3) is 10.9 Å². The quantitative estimate of drug-likeness (QED) is 0.805. The summed E-state index contributed by atoms with van der Waals surface area (Å²) in [7, 11) is 1.66. The number of para-hydroxylation sites is 1. The van der Waals surface area contributed by atoms with Crippen molar-refractivity contribution >= 4 is 16.7 Å². The molecule has 1 unspecified atom stereocenters. The molecule has 1 atom stereocenters. The van der Waals surface area contributed by atoms with E-state index in [0.29, 0.717) is 13.2 Å². The molecule has 90 valence electrons. The Kier molecular flexibility index (Phi) is 3.85. The molecule has 0 amide bonds. The Balaban J connectivity index is 2.28. The van der Waals surface area contributed by atoms with Crippen LogP contribution in [0.2, 0.25) is 0 Å². The van der Waals surface area contributed by atoms with E-state index in [2.05, 4.69) is 15.3 Å². The highest BCUT2D eigenvalue weighted by atomic mass is 16.5. The molecule has 0 fully saturated rings. The number of hydrogen-bond acceptors (Lipinski definition) is 5. The van der Waals surface area contributed by atoms with Gasteiger partial charge >= 0.3 is 0 Å². The molecule has 1 heterocycles. The Morgan fingerprint density at radius 1 is 1.35 bits per heavy atom. The molecule has 5 nitrogen and oxygen atoms in total. The Labute approximate surface area is 100 Å². The second-order valence-corrected chi connectivity index (χ2v) is 3.77. The molecular formula is C12H16N4O. The van der Waals surface area contributed by atoms with Gasteiger partial charge in [0.1, 0.15) is 12.1 Å². The molecule has 0 aliphatic rings. The molecule has 1 aromatic carbocycles. The van der Waals surface area contributed by atoms with E-state index in [1.807, 2.05) is 24.3 Å². The van der Waals surface area contributed by atoms with Gasteiger partial charge in [0.2, 0.25) is 0 Å². The first-order valence-electron chi connectivity index (χ1n) is 5.50. The third-order valence-electron chi connectivity index (χ3n) is 2.54. The van der Waals surface area contributed by atoms with Crippen molar-refractivity contribution < 1.29 is 4.74 Å². The number of nitrogens with zero attached hydrogens (tertiary/aromatic N) is 2. The summed E-state index contributed by atoms with van der Waals surface area (Å²) in [6.07, 6.45) is 1.55. The molecule has 0 bridgehead atoms. The molecule has 17 heavy (non-hydrogen) atoms. The predicted octanol–water partition coefficient (Wildman–Crippen LogP) is 1.02. The van der Waals surface area contributed by atoms with Gasteiger partial charge in [-0.25, -0.2) is 9.97 Å². The minimum absolute atomic E-state index is 0.0540. The summed E-state index contributed by atoms with van der Waals surface area (Å²) in [6.45, 7) is 1.04. The van der Waals surface area contributed by atoms with E-state index >= 15 is 0 Å². The lowest BCUT2D eigenvalue weighted by Gasteiger charge is -2.17. The van der Waals surface area contributed by atoms with Gasteiger partial charge in [0.15, 0.2) is 0 Å². The van der Waals surface area contributed by atoms with Crippen molar-refractivity contribution in [2.24, 2.45) is 5.73 Å². The van der Waals surface area contributed by atoms with Gasteiger partial charge in [-0.15, -0.1) is 0 Å². The summed E-state index contributed by atoms with van der Waals surface area (Å²) in [5.41, 5.74) is 6.58. The summed E-state index contributed by atoms with van der Waals surface area (Å²) >= 11 is 0. The fourth-order valence-electron chi connectivity index (χ4n) is 1.68. The van der Waals surface area contributed by atoms with E-state index in [1.165, 1.54) is 0 Å². The first-order valence-corrected chi connectivity index (χ1v) is 5.50. The Morgan fingerprint density at radius 3 is 2.94 bits per heavy atom. The Bertz CT molecular complexity index is 483. The number of benzene rings is 1. The molecule has 3 N–H and O–H groups in total. The summed E-state index contributed by atoms with van der Waals surface area (Å²) < 4.78 is 5.09. The monoisotopic (exact) mass is 232 g/mol. The lowest BCUT2D eigenvalue weighted by atomic mass is 10.2. The summed E-state index contributed by atoms with van der Waals surface area (Å²) in [6, 6.07) is 7.91. The number of rotatable bonds is 5. The molecule has 0 aliphatic carbocycles. The van der Waals surface area contributed by atoms with Crippen molar-refractivity contribution in [2.75, 3.05) is 25.6 Å². The maximum Gasteiger partial charge on any atom is 0.137 e. The van der Waals surface area contributed by atoms with Crippen LogP contribution in [-0.2, 0) is 4.74 Å². The highest BCUT2D eigenvalue weighted by Gasteiger charge is 2.09. The van der Waals surface area contributed by atoms with Crippen molar-refractivity contribution in [3.05, 3.63) is 30.6 Å². The number of nitrogens with one attached hydrogen (secondary N) is 1.